The molecule has 1 N–H and O–H groups in total. The number of ether oxygens (including phenoxy) is 1. The molecule has 0 spiro atoms. The molecule has 0 saturated carbocycles. The van der Waals surface area contributed by atoms with Crippen LogP contribution in [0.1, 0.15) is 16.7 Å². The lowest BCUT2D eigenvalue weighted by Gasteiger charge is -2.25. The molecule has 2 aromatic rings. The number of carbonyl (C=O) groups is 2. The number of halogens is 1. The normalized spacial score (nSPS) is 15.9. The Morgan fingerprint density at radius 3 is 2.56 bits per heavy atom. The van der Waals surface area contributed by atoms with Gasteiger partial charge in [-0.2, -0.15) is 0 Å². The quantitative estimate of drug-likeness (QED) is 0.444. The van der Waals surface area contributed by atoms with Crippen LogP contribution in [0.25, 0.3) is 6.08 Å². The van der Waals surface area contributed by atoms with Crippen LogP contribution in [0.2, 0.25) is 0 Å². The summed E-state index contributed by atoms with van der Waals surface area (Å²) in [5.41, 5.74) is 3.00. The van der Waals surface area contributed by atoms with E-state index in [9.17, 15) is 9.59 Å². The predicted molar refractivity (Wildman–Crippen MR) is 111 cm³/mol. The third-order valence-corrected chi connectivity index (χ3v) is 5.08. The molecule has 138 valence electrons. The first-order chi connectivity index (χ1) is 12.8. The molecule has 0 aromatic heterocycles. The molecule has 5 nitrogen and oxygen atoms in total. The minimum Gasteiger partial charge on any atom is -0.488 e. The number of hydrogen-bond acceptors (Lipinski definition) is 4. The fourth-order valence-electron chi connectivity index (χ4n) is 2.48. The minimum atomic E-state index is -0.501. The number of carbonyl (C=O) groups excluding carboxylic acids is 2. The molecular formula is C20H17BrN2O3S. The molecule has 0 bridgehead atoms. The van der Waals surface area contributed by atoms with Crippen molar-refractivity contribution in [3.8, 4) is 5.75 Å². The van der Waals surface area contributed by atoms with Crippen molar-refractivity contribution in [3.63, 3.8) is 0 Å². The zero-order valence-electron chi connectivity index (χ0n) is 14.8. The van der Waals surface area contributed by atoms with Crippen molar-refractivity contribution in [3.05, 3.63) is 69.2 Å². The number of aryl methyl sites for hydroxylation is 1. The van der Waals surface area contributed by atoms with Crippen LogP contribution in [0.3, 0.4) is 0 Å². The number of nitrogens with one attached hydrogen (secondary N) is 1. The number of benzene rings is 2. The molecule has 0 radical (unpaired) electrons. The molecule has 2 amide bonds. The molecule has 0 aliphatic carbocycles. The van der Waals surface area contributed by atoms with Crippen LogP contribution < -0.4 is 10.1 Å². The molecule has 2 aromatic carbocycles. The van der Waals surface area contributed by atoms with Crippen molar-refractivity contribution < 1.29 is 14.3 Å². The number of nitrogens with zero attached hydrogens (tertiary/aromatic N) is 1. The van der Waals surface area contributed by atoms with Gasteiger partial charge in [0.15, 0.2) is 5.11 Å². The number of amides is 2. The summed E-state index contributed by atoms with van der Waals surface area (Å²) < 4.78 is 6.57. The zero-order valence-corrected chi connectivity index (χ0v) is 17.2. The average molecular weight is 445 g/mol. The first kappa shape index (κ1) is 19.3. The van der Waals surface area contributed by atoms with Gasteiger partial charge in [0.2, 0.25) is 0 Å². The van der Waals surface area contributed by atoms with Crippen molar-refractivity contribution >= 4 is 51.2 Å². The summed E-state index contributed by atoms with van der Waals surface area (Å²) in [5, 5.41) is 2.59. The molecule has 3 rings (SSSR count). The van der Waals surface area contributed by atoms with Crippen molar-refractivity contribution in [2.45, 2.75) is 13.5 Å². The van der Waals surface area contributed by atoms with E-state index >= 15 is 0 Å². The van der Waals surface area contributed by atoms with E-state index in [4.69, 9.17) is 17.0 Å². The highest BCUT2D eigenvalue weighted by molar-refractivity contribution is 9.10. The summed E-state index contributed by atoms with van der Waals surface area (Å²) in [6.07, 6.45) is 1.53. The van der Waals surface area contributed by atoms with Crippen LogP contribution >= 0.6 is 28.1 Å². The van der Waals surface area contributed by atoms with Gasteiger partial charge in [0.05, 0.1) is 4.47 Å². The summed E-state index contributed by atoms with van der Waals surface area (Å²) in [7, 11) is 1.52. The van der Waals surface area contributed by atoms with Crippen molar-refractivity contribution in [2.24, 2.45) is 0 Å². The van der Waals surface area contributed by atoms with Gasteiger partial charge in [0.1, 0.15) is 17.9 Å². The summed E-state index contributed by atoms with van der Waals surface area (Å²) >= 11 is 8.41. The van der Waals surface area contributed by atoms with Gasteiger partial charge in [-0.1, -0.05) is 35.9 Å². The minimum absolute atomic E-state index is 0.0336. The molecule has 27 heavy (non-hydrogen) atoms. The first-order valence-corrected chi connectivity index (χ1v) is 9.38. The molecule has 1 aliphatic rings. The second kappa shape index (κ2) is 8.02. The summed E-state index contributed by atoms with van der Waals surface area (Å²) in [6.45, 7) is 2.49. The molecule has 1 saturated heterocycles. The molecule has 7 heteroatoms. The lowest BCUT2D eigenvalue weighted by atomic mass is 10.1. The van der Waals surface area contributed by atoms with E-state index < -0.39 is 11.8 Å². The smallest absolute Gasteiger partial charge is 0.265 e. The van der Waals surface area contributed by atoms with E-state index in [2.05, 4.69) is 21.2 Å². The van der Waals surface area contributed by atoms with Gasteiger partial charge in [0, 0.05) is 7.05 Å². The van der Waals surface area contributed by atoms with Gasteiger partial charge >= 0.3 is 0 Å². The van der Waals surface area contributed by atoms with Crippen LogP contribution in [0.4, 0.5) is 0 Å². The second-order valence-corrected chi connectivity index (χ2v) is 7.39. The van der Waals surface area contributed by atoms with Crippen LogP contribution in [0.5, 0.6) is 5.75 Å². The number of likely N-dealkylation sites (N-methyl/N-ethyl adjacent to an activating group) is 1. The SMILES string of the molecule is Cc1ccc(COc2ccc(C=C3C(=O)NC(=S)N(C)C3=O)cc2Br)cc1. The van der Waals surface area contributed by atoms with Crippen LogP contribution in [-0.4, -0.2) is 28.9 Å². The van der Waals surface area contributed by atoms with E-state index in [1.165, 1.54) is 23.6 Å². The second-order valence-electron chi connectivity index (χ2n) is 6.15. The lowest BCUT2D eigenvalue weighted by Crippen LogP contribution is -2.52. The Bertz CT molecular complexity index is 954. The Labute approximate surface area is 171 Å². The van der Waals surface area contributed by atoms with Gasteiger partial charge in [0.25, 0.3) is 11.8 Å². The van der Waals surface area contributed by atoms with Crippen LogP contribution in [-0.2, 0) is 16.2 Å². The number of thiocarbonyl (C=S) groups is 1. The van der Waals surface area contributed by atoms with Crippen LogP contribution in [0, 0.1) is 6.92 Å². The standard InChI is InChI=1S/C20H17BrN2O3S/c1-12-3-5-13(6-4-12)11-26-17-8-7-14(10-16(17)21)9-15-18(24)22-20(27)23(2)19(15)25/h3-10H,11H2,1-2H3,(H,22,24,27). The van der Waals surface area contributed by atoms with E-state index in [1.807, 2.05) is 31.2 Å². The highest BCUT2D eigenvalue weighted by Gasteiger charge is 2.30. The fraction of sp³-hybridized carbons (Fsp3) is 0.150. The maximum Gasteiger partial charge on any atom is 0.265 e. The maximum absolute atomic E-state index is 12.3. The molecular weight excluding hydrogens is 428 g/mol. The van der Waals surface area contributed by atoms with Gasteiger partial charge in [-0.3, -0.25) is 19.8 Å². The molecule has 1 fully saturated rings. The topological polar surface area (TPSA) is 58.6 Å². The van der Waals surface area contributed by atoms with Gasteiger partial charge < -0.3 is 4.74 Å². The van der Waals surface area contributed by atoms with Crippen molar-refractivity contribution in [1.29, 1.82) is 0 Å². The Kier molecular flexibility index (Phi) is 5.72. The highest BCUT2D eigenvalue weighted by Crippen LogP contribution is 2.28. The molecule has 1 heterocycles. The Hall–Kier alpha value is -2.51. The van der Waals surface area contributed by atoms with Gasteiger partial charge in [-0.15, -0.1) is 0 Å². The molecule has 1 aliphatic heterocycles. The van der Waals surface area contributed by atoms with E-state index in [0.29, 0.717) is 17.9 Å². The highest BCUT2D eigenvalue weighted by atomic mass is 79.9. The van der Waals surface area contributed by atoms with Crippen molar-refractivity contribution in [1.82, 2.24) is 10.2 Å². The monoisotopic (exact) mass is 444 g/mol. The zero-order chi connectivity index (χ0) is 19.6. The maximum atomic E-state index is 12.3. The van der Waals surface area contributed by atoms with Gasteiger partial charge in [-0.05, 0) is 64.4 Å². The summed E-state index contributed by atoms with van der Waals surface area (Å²) in [6, 6.07) is 13.5. The molecule has 0 atom stereocenters. The number of rotatable bonds is 4. The van der Waals surface area contributed by atoms with Crippen LogP contribution in [0.15, 0.2) is 52.5 Å². The Morgan fingerprint density at radius 2 is 1.89 bits per heavy atom. The summed E-state index contributed by atoms with van der Waals surface area (Å²) in [4.78, 5) is 25.5. The predicted octanol–water partition coefficient (Wildman–Crippen LogP) is 3.59. The third kappa shape index (κ3) is 4.43. The molecule has 0 unspecified atom stereocenters. The first-order valence-electron chi connectivity index (χ1n) is 8.18. The third-order valence-electron chi connectivity index (χ3n) is 4.09. The Morgan fingerprint density at radius 1 is 1.19 bits per heavy atom. The van der Waals surface area contributed by atoms with E-state index in [0.717, 1.165) is 10.0 Å². The Balaban J connectivity index is 1.76. The number of hydrogen-bond donors (Lipinski definition) is 1. The summed E-state index contributed by atoms with van der Waals surface area (Å²) in [5.74, 6) is -0.256. The van der Waals surface area contributed by atoms with Gasteiger partial charge in [-0.25, -0.2) is 0 Å². The van der Waals surface area contributed by atoms with E-state index in [1.54, 1.807) is 18.2 Å². The lowest BCUT2D eigenvalue weighted by molar-refractivity contribution is -0.128. The van der Waals surface area contributed by atoms with E-state index in [-0.39, 0.29) is 10.7 Å². The largest absolute Gasteiger partial charge is 0.488 e. The van der Waals surface area contributed by atoms with Crippen molar-refractivity contribution in [2.75, 3.05) is 7.05 Å². The average Bonchev–Trinajstić information content (AvgIpc) is 2.64. The fourth-order valence-corrected chi connectivity index (χ4v) is 3.17.